The molecule has 0 fully saturated rings. The molecule has 50 valence electrons. The first-order valence-electron chi connectivity index (χ1n) is 2.14. The molecular formula is C2H9NO4Si. The van der Waals surface area contributed by atoms with E-state index in [0.717, 1.165) is 0 Å². The second-order valence-electron chi connectivity index (χ2n) is 1.17. The molecule has 6 heteroatoms. The van der Waals surface area contributed by atoms with Crippen molar-refractivity contribution in [3.8, 4) is 0 Å². The van der Waals surface area contributed by atoms with Gasteiger partial charge < -0.3 is 14.4 Å². The van der Waals surface area contributed by atoms with Gasteiger partial charge >= 0.3 is 9.05 Å². The van der Waals surface area contributed by atoms with E-state index in [-0.39, 0.29) is 0 Å². The summed E-state index contributed by atoms with van der Waals surface area (Å²) in [4.78, 5) is 24.3. The Morgan fingerprint density at radius 3 is 2.12 bits per heavy atom. The van der Waals surface area contributed by atoms with E-state index in [0.29, 0.717) is 6.54 Å². The van der Waals surface area contributed by atoms with Gasteiger partial charge in [0, 0.05) is 6.54 Å². The third-order valence-corrected chi connectivity index (χ3v) is 0.772. The Labute approximate surface area is 48.0 Å². The summed E-state index contributed by atoms with van der Waals surface area (Å²) in [5.74, 6) is 0. The SMILES string of the molecule is CCNO[Si](O)(O)O. The number of nitrogens with one attached hydrogen (secondary N) is 1. The molecule has 0 amide bonds. The molecule has 0 radical (unpaired) electrons. The lowest BCUT2D eigenvalue weighted by Gasteiger charge is -2.07. The van der Waals surface area contributed by atoms with Crippen LogP contribution in [0.2, 0.25) is 0 Å². The van der Waals surface area contributed by atoms with Crippen molar-refractivity contribution >= 4 is 9.05 Å². The quantitative estimate of drug-likeness (QED) is 0.267. The molecule has 0 aromatic heterocycles. The zero-order valence-corrected chi connectivity index (χ0v) is 5.46. The van der Waals surface area contributed by atoms with Crippen LogP contribution in [-0.2, 0) is 4.53 Å². The topological polar surface area (TPSA) is 82.0 Å². The van der Waals surface area contributed by atoms with Crippen LogP contribution in [0.15, 0.2) is 0 Å². The fraction of sp³-hybridized carbons (Fsp3) is 1.00. The molecule has 0 unspecified atom stereocenters. The minimum absolute atomic E-state index is 0.413. The summed E-state index contributed by atoms with van der Waals surface area (Å²) >= 11 is 0. The van der Waals surface area contributed by atoms with Gasteiger partial charge in [-0.2, -0.15) is 0 Å². The first-order valence-corrected chi connectivity index (χ1v) is 3.89. The molecule has 0 saturated heterocycles. The lowest BCUT2D eigenvalue weighted by molar-refractivity contribution is 0.0166. The van der Waals surface area contributed by atoms with Crippen molar-refractivity contribution in [2.75, 3.05) is 6.54 Å². The monoisotopic (exact) mass is 139 g/mol. The molecule has 0 aromatic rings. The highest BCUT2D eigenvalue weighted by Gasteiger charge is 2.30. The first-order chi connectivity index (χ1) is 3.56. The lowest BCUT2D eigenvalue weighted by Crippen LogP contribution is -2.43. The van der Waals surface area contributed by atoms with Crippen LogP contribution in [-0.4, -0.2) is 30.0 Å². The molecule has 0 atom stereocenters. The minimum Gasteiger partial charge on any atom is -0.367 e. The third kappa shape index (κ3) is 6.02. The summed E-state index contributed by atoms with van der Waals surface area (Å²) in [6.07, 6.45) is 0. The van der Waals surface area contributed by atoms with Gasteiger partial charge in [0.2, 0.25) is 0 Å². The Kier molecular flexibility index (Phi) is 3.13. The van der Waals surface area contributed by atoms with Crippen LogP contribution >= 0.6 is 0 Å². The van der Waals surface area contributed by atoms with E-state index in [1.54, 1.807) is 6.92 Å². The van der Waals surface area contributed by atoms with Crippen LogP contribution in [0.3, 0.4) is 0 Å². The summed E-state index contributed by atoms with van der Waals surface area (Å²) in [5.41, 5.74) is 2.10. The second-order valence-corrected chi connectivity index (χ2v) is 2.53. The van der Waals surface area contributed by atoms with Crippen LogP contribution < -0.4 is 5.48 Å². The van der Waals surface area contributed by atoms with E-state index in [1.807, 2.05) is 0 Å². The van der Waals surface area contributed by atoms with Crippen molar-refractivity contribution < 1.29 is 18.9 Å². The summed E-state index contributed by atoms with van der Waals surface area (Å²) in [7, 11) is -4.29. The van der Waals surface area contributed by atoms with Crippen molar-refractivity contribution in [2.24, 2.45) is 0 Å². The van der Waals surface area contributed by atoms with Crippen LogP contribution in [0, 0.1) is 0 Å². The molecule has 0 spiro atoms. The maximum absolute atomic E-state index is 8.11. The number of hydrogen-bond acceptors (Lipinski definition) is 5. The molecule has 0 saturated carbocycles. The van der Waals surface area contributed by atoms with Crippen LogP contribution in [0.25, 0.3) is 0 Å². The Hall–Kier alpha value is 0.0169. The molecule has 0 bridgehead atoms. The van der Waals surface area contributed by atoms with Crippen LogP contribution in [0.4, 0.5) is 0 Å². The van der Waals surface area contributed by atoms with Gasteiger partial charge in [0.25, 0.3) is 0 Å². The molecule has 5 nitrogen and oxygen atoms in total. The fourth-order valence-electron chi connectivity index (χ4n) is 0.169. The largest absolute Gasteiger partial charge is 0.688 e. The highest BCUT2D eigenvalue weighted by molar-refractivity contribution is 6.48. The van der Waals surface area contributed by atoms with Gasteiger partial charge in [0.1, 0.15) is 0 Å². The molecule has 4 N–H and O–H groups in total. The average Bonchev–Trinajstić information content (AvgIpc) is 1.59. The first kappa shape index (κ1) is 8.02. The fourth-order valence-corrected chi connectivity index (χ4v) is 0.507. The predicted octanol–water partition coefficient (Wildman–Crippen LogP) is -2.06. The van der Waals surface area contributed by atoms with Gasteiger partial charge in [0.05, 0.1) is 0 Å². The van der Waals surface area contributed by atoms with Gasteiger partial charge in [0.15, 0.2) is 0 Å². The van der Waals surface area contributed by atoms with Crippen LogP contribution in [0.1, 0.15) is 6.92 Å². The highest BCUT2D eigenvalue weighted by Crippen LogP contribution is 1.81. The van der Waals surface area contributed by atoms with Crippen molar-refractivity contribution in [3.05, 3.63) is 0 Å². The van der Waals surface area contributed by atoms with Gasteiger partial charge in [-0.1, -0.05) is 6.92 Å². The molecule has 0 aliphatic rings. The Morgan fingerprint density at radius 1 is 1.50 bits per heavy atom. The van der Waals surface area contributed by atoms with Gasteiger partial charge in [-0.25, -0.2) is 5.48 Å². The van der Waals surface area contributed by atoms with E-state index in [9.17, 15) is 0 Å². The van der Waals surface area contributed by atoms with Gasteiger partial charge in [-0.05, 0) is 0 Å². The predicted molar refractivity (Wildman–Crippen MR) is 27.2 cm³/mol. The average molecular weight is 139 g/mol. The number of rotatable bonds is 3. The standard InChI is InChI=1S/C2H9NO4Si/c1-2-3-7-8(4,5)6/h3-6H,2H2,1H3. The molecular weight excluding hydrogens is 130 g/mol. The molecule has 0 aromatic carbocycles. The van der Waals surface area contributed by atoms with Gasteiger partial charge in [-0.3, -0.25) is 4.53 Å². The zero-order chi connectivity index (χ0) is 6.62. The summed E-state index contributed by atoms with van der Waals surface area (Å²) in [6.45, 7) is 2.11. The Balaban J connectivity index is 3.11. The molecule has 0 rings (SSSR count). The number of hydroxylamine groups is 1. The normalized spacial score (nSPS) is 12.0. The van der Waals surface area contributed by atoms with Crippen molar-refractivity contribution in [1.29, 1.82) is 0 Å². The van der Waals surface area contributed by atoms with Crippen molar-refractivity contribution in [3.63, 3.8) is 0 Å². The highest BCUT2D eigenvalue weighted by atomic mass is 28.4. The summed E-state index contributed by atoms with van der Waals surface area (Å²) in [5, 5.41) is 0. The maximum Gasteiger partial charge on any atom is 0.688 e. The summed E-state index contributed by atoms with van der Waals surface area (Å²) in [6, 6.07) is 0. The van der Waals surface area contributed by atoms with E-state index < -0.39 is 9.05 Å². The smallest absolute Gasteiger partial charge is 0.367 e. The van der Waals surface area contributed by atoms with Crippen LogP contribution in [0.5, 0.6) is 0 Å². The third-order valence-electron chi connectivity index (χ3n) is 0.353. The lowest BCUT2D eigenvalue weighted by atomic mass is 10.8. The van der Waals surface area contributed by atoms with E-state index in [1.165, 1.54) is 0 Å². The van der Waals surface area contributed by atoms with Crippen molar-refractivity contribution in [1.82, 2.24) is 5.48 Å². The van der Waals surface area contributed by atoms with E-state index >= 15 is 0 Å². The van der Waals surface area contributed by atoms with E-state index in [4.69, 9.17) is 14.4 Å². The Morgan fingerprint density at radius 2 is 2.00 bits per heavy atom. The summed E-state index contributed by atoms with van der Waals surface area (Å²) < 4.78 is 3.93. The number of hydrogen-bond donors (Lipinski definition) is 4. The molecule has 8 heavy (non-hydrogen) atoms. The van der Waals surface area contributed by atoms with E-state index in [2.05, 4.69) is 10.0 Å². The molecule has 0 aliphatic heterocycles. The van der Waals surface area contributed by atoms with Gasteiger partial charge in [-0.15, -0.1) is 0 Å². The minimum atomic E-state index is -4.29. The Bertz CT molecular complexity index is 61.5. The second kappa shape index (κ2) is 3.12. The molecule has 0 heterocycles. The zero-order valence-electron chi connectivity index (χ0n) is 4.46. The molecule has 0 aliphatic carbocycles. The maximum atomic E-state index is 8.11. The van der Waals surface area contributed by atoms with Crippen molar-refractivity contribution in [2.45, 2.75) is 6.92 Å².